The van der Waals surface area contributed by atoms with E-state index >= 15 is 0 Å². The standard InChI is InChI=1S/C18H22ClN/c1-4-13-6-7-16(11-14(13)5-2)18(20)15-8-9-17(19)12(3)10-15/h6-11,18H,4-5,20H2,1-3H3. The topological polar surface area (TPSA) is 26.0 Å². The van der Waals surface area contributed by atoms with Gasteiger partial charge in [0, 0.05) is 5.02 Å². The van der Waals surface area contributed by atoms with E-state index < -0.39 is 0 Å². The van der Waals surface area contributed by atoms with Crippen molar-refractivity contribution in [3.05, 3.63) is 69.2 Å². The highest BCUT2D eigenvalue weighted by atomic mass is 35.5. The van der Waals surface area contributed by atoms with Crippen molar-refractivity contribution in [2.24, 2.45) is 5.73 Å². The third-order valence-corrected chi connectivity index (χ3v) is 4.32. The molecule has 20 heavy (non-hydrogen) atoms. The molecule has 2 aromatic rings. The van der Waals surface area contributed by atoms with Crippen molar-refractivity contribution >= 4 is 11.6 Å². The Bertz CT molecular complexity index is 604. The highest BCUT2D eigenvalue weighted by Gasteiger charge is 2.11. The van der Waals surface area contributed by atoms with Gasteiger partial charge in [-0.3, -0.25) is 0 Å². The lowest BCUT2D eigenvalue weighted by molar-refractivity contribution is 0.862. The van der Waals surface area contributed by atoms with Crippen molar-refractivity contribution in [3.8, 4) is 0 Å². The van der Waals surface area contributed by atoms with Gasteiger partial charge in [0.2, 0.25) is 0 Å². The van der Waals surface area contributed by atoms with Crippen molar-refractivity contribution in [1.82, 2.24) is 0 Å². The van der Waals surface area contributed by atoms with Gasteiger partial charge in [0.05, 0.1) is 6.04 Å². The zero-order chi connectivity index (χ0) is 14.7. The Morgan fingerprint density at radius 2 is 1.55 bits per heavy atom. The van der Waals surface area contributed by atoms with Crippen LogP contribution < -0.4 is 5.73 Å². The van der Waals surface area contributed by atoms with Crippen molar-refractivity contribution in [2.45, 2.75) is 39.7 Å². The molecule has 0 bridgehead atoms. The van der Waals surface area contributed by atoms with Crippen LogP contribution in [0.4, 0.5) is 0 Å². The Hall–Kier alpha value is -1.31. The van der Waals surface area contributed by atoms with Crippen molar-refractivity contribution < 1.29 is 0 Å². The van der Waals surface area contributed by atoms with Crippen LogP contribution in [0.3, 0.4) is 0 Å². The average molecular weight is 288 g/mol. The molecular weight excluding hydrogens is 266 g/mol. The molecule has 2 heteroatoms. The fraction of sp³-hybridized carbons (Fsp3) is 0.333. The number of aryl methyl sites for hydroxylation is 3. The van der Waals surface area contributed by atoms with Gasteiger partial charge in [-0.25, -0.2) is 0 Å². The average Bonchev–Trinajstić information content (AvgIpc) is 2.48. The molecule has 1 atom stereocenters. The second-order valence-corrected chi connectivity index (χ2v) is 5.63. The van der Waals surface area contributed by atoms with Crippen LogP contribution in [0.15, 0.2) is 36.4 Å². The van der Waals surface area contributed by atoms with Gasteiger partial charge in [0.15, 0.2) is 0 Å². The van der Waals surface area contributed by atoms with E-state index in [0.717, 1.165) is 29.0 Å². The Labute approximate surface area is 126 Å². The van der Waals surface area contributed by atoms with Gasteiger partial charge in [-0.2, -0.15) is 0 Å². The summed E-state index contributed by atoms with van der Waals surface area (Å²) in [4.78, 5) is 0. The quantitative estimate of drug-likeness (QED) is 0.857. The van der Waals surface area contributed by atoms with Crippen LogP contribution in [-0.2, 0) is 12.8 Å². The molecule has 0 heterocycles. The lowest BCUT2D eigenvalue weighted by Gasteiger charge is -2.16. The summed E-state index contributed by atoms with van der Waals surface area (Å²) >= 11 is 6.08. The number of rotatable bonds is 4. The molecule has 0 aromatic heterocycles. The van der Waals surface area contributed by atoms with E-state index in [1.807, 2.05) is 19.1 Å². The van der Waals surface area contributed by atoms with E-state index in [9.17, 15) is 0 Å². The van der Waals surface area contributed by atoms with Gasteiger partial charge in [-0.1, -0.05) is 55.8 Å². The molecule has 0 fully saturated rings. The zero-order valence-corrected chi connectivity index (χ0v) is 13.2. The molecule has 2 aromatic carbocycles. The second kappa shape index (κ2) is 6.43. The molecule has 0 aliphatic carbocycles. The molecule has 0 saturated heterocycles. The van der Waals surface area contributed by atoms with Crippen LogP contribution in [0.2, 0.25) is 5.02 Å². The number of benzene rings is 2. The largest absolute Gasteiger partial charge is 0.320 e. The molecule has 106 valence electrons. The summed E-state index contributed by atoms with van der Waals surface area (Å²) < 4.78 is 0. The molecule has 0 aliphatic rings. The van der Waals surface area contributed by atoms with Gasteiger partial charge in [0.25, 0.3) is 0 Å². The third-order valence-electron chi connectivity index (χ3n) is 3.89. The van der Waals surface area contributed by atoms with Gasteiger partial charge < -0.3 is 5.73 Å². The maximum Gasteiger partial charge on any atom is 0.0551 e. The Kier molecular flexibility index (Phi) is 4.85. The van der Waals surface area contributed by atoms with Crippen LogP contribution in [0.25, 0.3) is 0 Å². The minimum Gasteiger partial charge on any atom is -0.320 e. The molecule has 1 unspecified atom stereocenters. The van der Waals surface area contributed by atoms with E-state index in [4.69, 9.17) is 17.3 Å². The molecule has 0 aliphatic heterocycles. The minimum atomic E-state index is -0.0952. The van der Waals surface area contributed by atoms with Crippen LogP contribution in [0.5, 0.6) is 0 Å². The summed E-state index contributed by atoms with van der Waals surface area (Å²) in [6, 6.07) is 12.5. The molecule has 2 rings (SSSR count). The Balaban J connectivity index is 2.37. The van der Waals surface area contributed by atoms with Crippen molar-refractivity contribution in [1.29, 1.82) is 0 Å². The molecule has 2 N–H and O–H groups in total. The minimum absolute atomic E-state index is 0.0952. The van der Waals surface area contributed by atoms with Crippen LogP contribution in [0.1, 0.15) is 47.7 Å². The lowest BCUT2D eigenvalue weighted by atomic mass is 9.93. The Morgan fingerprint density at radius 1 is 0.950 bits per heavy atom. The highest BCUT2D eigenvalue weighted by molar-refractivity contribution is 6.31. The van der Waals surface area contributed by atoms with E-state index in [1.165, 1.54) is 16.7 Å². The first kappa shape index (κ1) is 15.1. The van der Waals surface area contributed by atoms with Crippen molar-refractivity contribution in [2.75, 3.05) is 0 Å². The molecule has 0 saturated carbocycles. The molecule has 0 spiro atoms. The van der Waals surface area contributed by atoms with Crippen LogP contribution in [-0.4, -0.2) is 0 Å². The van der Waals surface area contributed by atoms with Gasteiger partial charge in [-0.15, -0.1) is 0 Å². The smallest absolute Gasteiger partial charge is 0.0551 e. The van der Waals surface area contributed by atoms with Crippen molar-refractivity contribution in [3.63, 3.8) is 0 Å². The monoisotopic (exact) mass is 287 g/mol. The predicted octanol–water partition coefficient (Wildman–Crippen LogP) is 4.82. The summed E-state index contributed by atoms with van der Waals surface area (Å²) in [6.45, 7) is 6.39. The number of nitrogens with two attached hydrogens (primary N) is 1. The molecular formula is C18H22ClN. The first-order valence-electron chi connectivity index (χ1n) is 7.20. The number of hydrogen-bond acceptors (Lipinski definition) is 1. The first-order chi connectivity index (χ1) is 9.56. The fourth-order valence-corrected chi connectivity index (χ4v) is 2.68. The maximum absolute atomic E-state index is 6.41. The highest BCUT2D eigenvalue weighted by Crippen LogP contribution is 2.26. The normalized spacial score (nSPS) is 12.4. The summed E-state index contributed by atoms with van der Waals surface area (Å²) in [5.74, 6) is 0. The van der Waals surface area contributed by atoms with E-state index in [0.29, 0.717) is 0 Å². The van der Waals surface area contributed by atoms with E-state index in [2.05, 4.69) is 38.1 Å². The molecule has 0 amide bonds. The van der Waals surface area contributed by atoms with E-state index in [-0.39, 0.29) is 6.04 Å². The number of halogens is 1. The predicted molar refractivity (Wildman–Crippen MR) is 87.4 cm³/mol. The first-order valence-corrected chi connectivity index (χ1v) is 7.58. The molecule has 1 nitrogen and oxygen atoms in total. The van der Waals surface area contributed by atoms with Crippen LogP contribution >= 0.6 is 11.6 Å². The maximum atomic E-state index is 6.41. The Morgan fingerprint density at radius 3 is 2.15 bits per heavy atom. The van der Waals surface area contributed by atoms with Gasteiger partial charge in [0.1, 0.15) is 0 Å². The van der Waals surface area contributed by atoms with Gasteiger partial charge >= 0.3 is 0 Å². The number of hydrogen-bond donors (Lipinski definition) is 1. The van der Waals surface area contributed by atoms with Crippen LogP contribution in [0, 0.1) is 6.92 Å². The summed E-state index contributed by atoms with van der Waals surface area (Å²) in [5.41, 5.74) is 12.6. The molecule has 0 radical (unpaired) electrons. The van der Waals surface area contributed by atoms with E-state index in [1.54, 1.807) is 0 Å². The SMILES string of the molecule is CCc1ccc(C(N)c2ccc(Cl)c(C)c2)cc1CC. The third kappa shape index (κ3) is 3.05. The summed E-state index contributed by atoms with van der Waals surface area (Å²) in [6.07, 6.45) is 2.11. The second-order valence-electron chi connectivity index (χ2n) is 5.22. The summed E-state index contributed by atoms with van der Waals surface area (Å²) in [5, 5.41) is 0.788. The fourth-order valence-electron chi connectivity index (χ4n) is 2.57. The van der Waals surface area contributed by atoms with Gasteiger partial charge in [-0.05, 0) is 53.6 Å². The zero-order valence-electron chi connectivity index (χ0n) is 12.4. The summed E-state index contributed by atoms with van der Waals surface area (Å²) in [7, 11) is 0. The lowest BCUT2D eigenvalue weighted by Crippen LogP contribution is -2.12.